The van der Waals surface area contributed by atoms with Gasteiger partial charge in [-0.05, 0) is 37.3 Å². The Morgan fingerprint density at radius 2 is 1.61 bits per heavy atom. The predicted molar refractivity (Wildman–Crippen MR) is 123 cm³/mol. The van der Waals surface area contributed by atoms with Crippen molar-refractivity contribution in [3.05, 3.63) is 92.3 Å². The van der Waals surface area contributed by atoms with Gasteiger partial charge in [0.15, 0.2) is 11.4 Å². The maximum absolute atomic E-state index is 12.9. The van der Waals surface area contributed by atoms with E-state index in [1.807, 2.05) is 12.1 Å². The van der Waals surface area contributed by atoms with Crippen LogP contribution < -0.4 is 4.74 Å². The molecule has 5 nitrogen and oxygen atoms in total. The topological polar surface area (TPSA) is 57.0 Å². The SMILES string of the molecule is Cc1c(C(=O)Oc2cncc(Cl)c2)nn(-c2ccc(Cl)cc2Cl)c1-c1ccc(Cl)cc1. The molecule has 2 heterocycles. The van der Waals surface area contributed by atoms with Gasteiger partial charge in [0.25, 0.3) is 0 Å². The highest BCUT2D eigenvalue weighted by Crippen LogP contribution is 2.33. The summed E-state index contributed by atoms with van der Waals surface area (Å²) in [5.41, 5.74) is 2.74. The Morgan fingerprint density at radius 1 is 0.903 bits per heavy atom. The van der Waals surface area contributed by atoms with Crippen LogP contribution in [0.5, 0.6) is 5.75 Å². The molecule has 0 spiro atoms. The van der Waals surface area contributed by atoms with Crippen LogP contribution in [0.4, 0.5) is 0 Å². The van der Waals surface area contributed by atoms with Gasteiger partial charge in [0.2, 0.25) is 0 Å². The van der Waals surface area contributed by atoms with E-state index in [-0.39, 0.29) is 11.4 Å². The molecule has 156 valence electrons. The Bertz CT molecular complexity index is 1290. The summed E-state index contributed by atoms with van der Waals surface area (Å²) in [6, 6.07) is 13.7. The molecule has 0 aliphatic heterocycles. The zero-order valence-corrected chi connectivity index (χ0v) is 19.0. The lowest BCUT2D eigenvalue weighted by Gasteiger charge is -2.11. The maximum atomic E-state index is 12.9. The third-order valence-electron chi connectivity index (χ3n) is 4.46. The molecule has 2 aromatic carbocycles. The van der Waals surface area contributed by atoms with Crippen molar-refractivity contribution in [1.82, 2.24) is 14.8 Å². The van der Waals surface area contributed by atoms with Crippen LogP contribution in [0.15, 0.2) is 60.9 Å². The molecule has 0 amide bonds. The van der Waals surface area contributed by atoms with Crippen molar-refractivity contribution >= 4 is 52.4 Å². The van der Waals surface area contributed by atoms with E-state index >= 15 is 0 Å². The van der Waals surface area contributed by atoms with E-state index in [0.717, 1.165) is 5.56 Å². The van der Waals surface area contributed by atoms with E-state index in [1.165, 1.54) is 18.5 Å². The zero-order chi connectivity index (χ0) is 22.1. The largest absolute Gasteiger partial charge is 0.420 e. The molecule has 0 radical (unpaired) electrons. The summed E-state index contributed by atoms with van der Waals surface area (Å²) in [6.07, 6.45) is 2.84. The van der Waals surface area contributed by atoms with Crippen LogP contribution in [0.1, 0.15) is 16.1 Å². The first-order valence-electron chi connectivity index (χ1n) is 8.97. The minimum atomic E-state index is -0.652. The van der Waals surface area contributed by atoms with Crippen molar-refractivity contribution in [1.29, 1.82) is 0 Å². The number of aromatic nitrogens is 3. The Hall–Kier alpha value is -2.57. The van der Waals surface area contributed by atoms with E-state index < -0.39 is 5.97 Å². The first-order valence-corrected chi connectivity index (χ1v) is 10.5. The van der Waals surface area contributed by atoms with Crippen LogP contribution in [0, 0.1) is 6.92 Å². The van der Waals surface area contributed by atoms with Gasteiger partial charge in [-0.2, -0.15) is 5.10 Å². The highest BCUT2D eigenvalue weighted by molar-refractivity contribution is 6.35. The number of benzene rings is 2. The average Bonchev–Trinajstić information content (AvgIpc) is 3.06. The second-order valence-corrected chi connectivity index (χ2v) is 8.28. The molecular weight excluding hydrogens is 480 g/mol. The van der Waals surface area contributed by atoms with Gasteiger partial charge in [0, 0.05) is 33.4 Å². The molecule has 0 atom stereocenters. The molecular formula is C22H13Cl4N3O2. The summed E-state index contributed by atoms with van der Waals surface area (Å²) in [6.45, 7) is 1.78. The fourth-order valence-electron chi connectivity index (χ4n) is 3.07. The lowest BCUT2D eigenvalue weighted by molar-refractivity contribution is 0.0726. The number of ether oxygens (including phenoxy) is 1. The van der Waals surface area contributed by atoms with Gasteiger partial charge in [-0.25, -0.2) is 9.48 Å². The molecule has 0 saturated carbocycles. The van der Waals surface area contributed by atoms with E-state index in [1.54, 1.807) is 41.9 Å². The first kappa shape index (κ1) is 21.7. The monoisotopic (exact) mass is 491 g/mol. The van der Waals surface area contributed by atoms with Gasteiger partial charge in [-0.1, -0.05) is 58.5 Å². The molecule has 31 heavy (non-hydrogen) atoms. The Balaban J connectivity index is 1.85. The quantitative estimate of drug-likeness (QED) is 0.285. The lowest BCUT2D eigenvalue weighted by atomic mass is 10.1. The van der Waals surface area contributed by atoms with Crippen molar-refractivity contribution in [2.24, 2.45) is 0 Å². The number of hydrogen-bond donors (Lipinski definition) is 0. The average molecular weight is 493 g/mol. The van der Waals surface area contributed by atoms with Crippen molar-refractivity contribution in [2.45, 2.75) is 6.92 Å². The molecule has 9 heteroatoms. The number of nitrogens with zero attached hydrogens (tertiary/aromatic N) is 3. The molecule has 0 N–H and O–H groups in total. The third-order valence-corrected chi connectivity index (χ3v) is 5.46. The smallest absolute Gasteiger partial charge is 0.364 e. The zero-order valence-electron chi connectivity index (χ0n) is 15.9. The van der Waals surface area contributed by atoms with Gasteiger partial charge in [0.1, 0.15) is 0 Å². The summed E-state index contributed by atoms with van der Waals surface area (Å²) in [7, 11) is 0. The number of rotatable bonds is 4. The van der Waals surface area contributed by atoms with Gasteiger partial charge in [0.05, 0.1) is 27.6 Å². The van der Waals surface area contributed by atoms with Gasteiger partial charge in [-0.3, -0.25) is 4.98 Å². The Kier molecular flexibility index (Phi) is 6.21. The normalized spacial score (nSPS) is 10.9. The van der Waals surface area contributed by atoms with Crippen molar-refractivity contribution in [2.75, 3.05) is 0 Å². The second-order valence-electron chi connectivity index (χ2n) is 6.57. The molecule has 0 saturated heterocycles. The number of hydrogen-bond acceptors (Lipinski definition) is 4. The third kappa shape index (κ3) is 4.55. The van der Waals surface area contributed by atoms with Gasteiger partial charge >= 0.3 is 5.97 Å². The van der Waals surface area contributed by atoms with Gasteiger partial charge in [-0.15, -0.1) is 0 Å². The standard InChI is InChI=1S/C22H13Cl4N3O2/c1-12-20(22(30)31-17-8-16(25)10-27-11-17)28-29(19-7-6-15(24)9-18(19)26)21(12)13-2-4-14(23)5-3-13/h2-11H,1H3. The van der Waals surface area contributed by atoms with Gasteiger partial charge < -0.3 is 4.74 Å². The number of pyridine rings is 1. The van der Waals surface area contributed by atoms with E-state index in [9.17, 15) is 4.79 Å². The first-order chi connectivity index (χ1) is 14.8. The number of halogens is 4. The summed E-state index contributed by atoms with van der Waals surface area (Å²) in [5, 5.41) is 6.32. The summed E-state index contributed by atoms with van der Waals surface area (Å²) in [4.78, 5) is 16.8. The van der Waals surface area contributed by atoms with Crippen LogP contribution in [-0.4, -0.2) is 20.7 Å². The molecule has 4 rings (SSSR count). The van der Waals surface area contributed by atoms with Crippen LogP contribution in [0.2, 0.25) is 20.1 Å². The molecule has 0 aliphatic rings. The molecule has 2 aromatic heterocycles. The van der Waals surface area contributed by atoms with Crippen LogP contribution in [0.3, 0.4) is 0 Å². The predicted octanol–water partition coefficient (Wildman–Crippen LogP) is 7.08. The minimum Gasteiger partial charge on any atom is -0.420 e. The Morgan fingerprint density at radius 3 is 2.29 bits per heavy atom. The molecule has 4 aromatic rings. The number of esters is 1. The lowest BCUT2D eigenvalue weighted by Crippen LogP contribution is -2.11. The van der Waals surface area contributed by atoms with Crippen molar-refractivity contribution in [3.63, 3.8) is 0 Å². The highest BCUT2D eigenvalue weighted by atomic mass is 35.5. The minimum absolute atomic E-state index is 0.121. The molecule has 0 fully saturated rings. The van der Waals surface area contributed by atoms with E-state index in [0.29, 0.717) is 37.0 Å². The summed E-state index contributed by atoms with van der Waals surface area (Å²) < 4.78 is 7.02. The molecule has 0 unspecified atom stereocenters. The second kappa shape index (κ2) is 8.89. The van der Waals surface area contributed by atoms with Crippen molar-refractivity contribution < 1.29 is 9.53 Å². The van der Waals surface area contributed by atoms with Crippen molar-refractivity contribution in [3.8, 4) is 22.7 Å². The fourth-order valence-corrected chi connectivity index (χ4v) is 3.85. The number of carbonyl (C=O) groups is 1. The van der Waals surface area contributed by atoms with Crippen LogP contribution in [0.25, 0.3) is 16.9 Å². The molecule has 0 bridgehead atoms. The fraction of sp³-hybridized carbons (Fsp3) is 0.0455. The Labute approximate surface area is 198 Å². The summed E-state index contributed by atoms with van der Waals surface area (Å²) >= 11 is 24.5. The summed E-state index contributed by atoms with van der Waals surface area (Å²) in [5.74, 6) is -0.440. The maximum Gasteiger partial charge on any atom is 0.364 e. The highest BCUT2D eigenvalue weighted by Gasteiger charge is 2.24. The van der Waals surface area contributed by atoms with Crippen LogP contribution >= 0.6 is 46.4 Å². The molecule has 0 aliphatic carbocycles. The van der Waals surface area contributed by atoms with E-state index in [2.05, 4.69) is 10.1 Å². The van der Waals surface area contributed by atoms with E-state index in [4.69, 9.17) is 51.1 Å². The number of carbonyl (C=O) groups excluding carboxylic acids is 1. The van der Waals surface area contributed by atoms with Crippen LogP contribution in [-0.2, 0) is 0 Å².